The summed E-state index contributed by atoms with van der Waals surface area (Å²) in [4.78, 5) is 22.2. The lowest BCUT2D eigenvalue weighted by atomic mass is 10.2. The van der Waals surface area contributed by atoms with Gasteiger partial charge < -0.3 is 14.4 Å². The highest BCUT2D eigenvalue weighted by Crippen LogP contribution is 2.40. The first-order chi connectivity index (χ1) is 15.7. The van der Waals surface area contributed by atoms with Gasteiger partial charge in [-0.3, -0.25) is 9.69 Å². The lowest BCUT2D eigenvalue weighted by Gasteiger charge is -2.25. The Bertz CT molecular complexity index is 1200. The number of thiazole rings is 1. The number of rotatable bonds is 10. The minimum absolute atomic E-state index is 0.102. The van der Waals surface area contributed by atoms with Crippen LogP contribution in [-0.2, 0) is 9.84 Å². The molecule has 3 aromatic rings. The highest BCUT2D eigenvalue weighted by atomic mass is 32.2. The largest absolute Gasteiger partial charge is 0.495 e. The van der Waals surface area contributed by atoms with E-state index >= 15 is 0 Å². The number of anilines is 1. The van der Waals surface area contributed by atoms with Crippen LogP contribution in [0.15, 0.2) is 41.3 Å². The number of amides is 1. The molecule has 1 amide bonds. The van der Waals surface area contributed by atoms with Gasteiger partial charge >= 0.3 is 0 Å². The van der Waals surface area contributed by atoms with E-state index in [0.29, 0.717) is 35.2 Å². The highest BCUT2D eigenvalue weighted by Gasteiger charge is 2.25. The van der Waals surface area contributed by atoms with Gasteiger partial charge in [0, 0.05) is 24.9 Å². The maximum absolute atomic E-state index is 13.6. The summed E-state index contributed by atoms with van der Waals surface area (Å²) in [5.74, 6) is 0.915. The Hall–Kier alpha value is -2.69. The molecule has 0 saturated carbocycles. The number of fused-ring (bicyclic) bond motifs is 1. The summed E-state index contributed by atoms with van der Waals surface area (Å²) in [6, 6.07) is 9.69. The zero-order valence-electron chi connectivity index (χ0n) is 19.5. The van der Waals surface area contributed by atoms with Crippen LogP contribution in [0.5, 0.6) is 11.5 Å². The van der Waals surface area contributed by atoms with Crippen LogP contribution in [0.4, 0.5) is 5.13 Å². The van der Waals surface area contributed by atoms with Gasteiger partial charge in [-0.25, -0.2) is 13.4 Å². The van der Waals surface area contributed by atoms with Gasteiger partial charge in [-0.15, -0.1) is 0 Å². The van der Waals surface area contributed by atoms with Crippen molar-refractivity contribution in [1.29, 1.82) is 0 Å². The van der Waals surface area contributed by atoms with Crippen molar-refractivity contribution < 1.29 is 22.7 Å². The van der Waals surface area contributed by atoms with Gasteiger partial charge in [0.05, 0.1) is 19.1 Å². The number of benzene rings is 2. The Morgan fingerprint density at radius 3 is 2.30 bits per heavy atom. The first-order valence-corrected chi connectivity index (χ1v) is 13.3. The van der Waals surface area contributed by atoms with Gasteiger partial charge in [0.2, 0.25) is 0 Å². The number of likely N-dealkylation sites (N-methyl/N-ethyl adjacent to an activating group) is 1. The minimum atomic E-state index is -3.45. The predicted octanol–water partition coefficient (Wildman–Crippen LogP) is 3.71. The zero-order chi connectivity index (χ0) is 24.2. The summed E-state index contributed by atoms with van der Waals surface area (Å²) in [5.41, 5.74) is 0.901. The highest BCUT2D eigenvalue weighted by molar-refractivity contribution is 7.90. The van der Waals surface area contributed by atoms with Crippen LogP contribution < -0.4 is 14.4 Å². The monoisotopic (exact) mass is 491 g/mol. The van der Waals surface area contributed by atoms with Crippen molar-refractivity contribution >= 4 is 42.4 Å². The Kier molecular flexibility index (Phi) is 7.93. The van der Waals surface area contributed by atoms with Crippen LogP contribution in [0.25, 0.3) is 10.2 Å². The van der Waals surface area contributed by atoms with E-state index in [1.807, 2.05) is 0 Å². The van der Waals surface area contributed by atoms with Crippen LogP contribution >= 0.6 is 11.3 Å². The second-order valence-electron chi connectivity index (χ2n) is 7.43. The molecule has 1 heterocycles. The molecular formula is C23H29N3O5S2. The van der Waals surface area contributed by atoms with Gasteiger partial charge in [-0.05, 0) is 43.4 Å². The number of ether oxygens (including phenoxy) is 2. The summed E-state index contributed by atoms with van der Waals surface area (Å²) in [7, 11) is -0.293. The molecule has 0 fully saturated rings. The maximum atomic E-state index is 13.6. The zero-order valence-corrected chi connectivity index (χ0v) is 21.1. The third-order valence-electron chi connectivity index (χ3n) is 5.42. The molecule has 2 aromatic carbocycles. The van der Waals surface area contributed by atoms with Crippen LogP contribution in [0.1, 0.15) is 24.2 Å². The summed E-state index contributed by atoms with van der Waals surface area (Å²) >= 11 is 1.34. The first-order valence-electron chi connectivity index (χ1n) is 10.6. The molecule has 178 valence electrons. The minimum Gasteiger partial charge on any atom is -0.495 e. The Morgan fingerprint density at radius 2 is 1.70 bits per heavy atom. The van der Waals surface area contributed by atoms with Crippen LogP contribution in [-0.4, -0.2) is 70.9 Å². The Labute approximate surface area is 198 Å². The third kappa shape index (κ3) is 5.45. The van der Waals surface area contributed by atoms with Crippen LogP contribution in [0.2, 0.25) is 0 Å². The topological polar surface area (TPSA) is 89.0 Å². The number of carbonyl (C=O) groups is 1. The fourth-order valence-electron chi connectivity index (χ4n) is 3.47. The predicted molar refractivity (Wildman–Crippen MR) is 132 cm³/mol. The normalized spacial score (nSPS) is 11.7. The van der Waals surface area contributed by atoms with Crippen molar-refractivity contribution in [3.63, 3.8) is 0 Å². The van der Waals surface area contributed by atoms with Crippen LogP contribution in [0.3, 0.4) is 0 Å². The number of hydrogen-bond acceptors (Lipinski definition) is 8. The van der Waals surface area contributed by atoms with Gasteiger partial charge in [0.15, 0.2) is 15.0 Å². The van der Waals surface area contributed by atoms with Crippen molar-refractivity contribution in [3.8, 4) is 11.5 Å². The maximum Gasteiger partial charge on any atom is 0.260 e. The van der Waals surface area contributed by atoms with E-state index in [0.717, 1.165) is 24.0 Å². The second kappa shape index (κ2) is 10.5. The second-order valence-corrected chi connectivity index (χ2v) is 10.4. The average Bonchev–Trinajstić information content (AvgIpc) is 3.25. The fourth-order valence-corrected chi connectivity index (χ4v) is 5.24. The summed E-state index contributed by atoms with van der Waals surface area (Å²) < 4.78 is 35.8. The molecule has 8 nitrogen and oxygen atoms in total. The summed E-state index contributed by atoms with van der Waals surface area (Å²) in [6.45, 7) is 6.88. The van der Waals surface area contributed by atoms with E-state index in [1.165, 1.54) is 23.5 Å². The van der Waals surface area contributed by atoms with Crippen molar-refractivity contribution in [2.24, 2.45) is 0 Å². The molecule has 0 unspecified atom stereocenters. The van der Waals surface area contributed by atoms with Crippen molar-refractivity contribution in [3.05, 3.63) is 42.0 Å². The number of methoxy groups -OCH3 is 2. The molecule has 0 bridgehead atoms. The summed E-state index contributed by atoms with van der Waals surface area (Å²) in [5, 5.41) is 0.495. The third-order valence-corrected chi connectivity index (χ3v) is 7.62. The first kappa shape index (κ1) is 24.9. The molecular weight excluding hydrogens is 462 g/mol. The SMILES string of the molecule is CCN(CC)CCN(C(=O)c1cccc(S(C)(=O)=O)c1)c1nc2c(OC)ccc(OC)c2s1. The molecule has 0 N–H and O–H groups in total. The van der Waals surface area contributed by atoms with Gasteiger partial charge in [-0.1, -0.05) is 31.3 Å². The number of nitrogens with zero attached hydrogens (tertiary/aromatic N) is 3. The standard InChI is InChI=1S/C23H29N3O5S2/c1-6-25(7-2)13-14-26(22(27)16-9-8-10-17(15-16)33(5,28)29)23-24-20-18(30-3)11-12-19(31-4)21(20)32-23/h8-12,15H,6-7,13-14H2,1-5H3. The lowest BCUT2D eigenvalue weighted by molar-refractivity contribution is 0.0983. The molecule has 0 aliphatic heterocycles. The van der Waals surface area contributed by atoms with Crippen LogP contribution in [0, 0.1) is 0 Å². The molecule has 0 radical (unpaired) electrons. The van der Waals surface area contributed by atoms with E-state index in [-0.39, 0.29) is 16.4 Å². The molecule has 33 heavy (non-hydrogen) atoms. The van der Waals surface area contributed by atoms with E-state index < -0.39 is 9.84 Å². The molecule has 0 aliphatic carbocycles. The molecule has 0 aliphatic rings. The Balaban J connectivity index is 2.09. The summed E-state index contributed by atoms with van der Waals surface area (Å²) in [6.07, 6.45) is 1.13. The molecule has 0 spiro atoms. The van der Waals surface area contributed by atoms with Crippen molar-refractivity contribution in [2.45, 2.75) is 18.7 Å². The molecule has 0 atom stereocenters. The van der Waals surface area contributed by atoms with E-state index in [2.05, 4.69) is 18.7 Å². The van der Waals surface area contributed by atoms with Gasteiger partial charge in [0.1, 0.15) is 21.7 Å². The number of sulfone groups is 1. The van der Waals surface area contributed by atoms with Gasteiger partial charge in [-0.2, -0.15) is 0 Å². The van der Waals surface area contributed by atoms with Crippen molar-refractivity contribution in [2.75, 3.05) is 51.6 Å². The molecule has 3 rings (SSSR count). The fraction of sp³-hybridized carbons (Fsp3) is 0.391. The Morgan fingerprint density at radius 1 is 1.03 bits per heavy atom. The van der Waals surface area contributed by atoms with Crippen molar-refractivity contribution in [1.82, 2.24) is 9.88 Å². The number of hydrogen-bond donors (Lipinski definition) is 0. The smallest absolute Gasteiger partial charge is 0.260 e. The van der Waals surface area contributed by atoms with Gasteiger partial charge in [0.25, 0.3) is 5.91 Å². The quantitative estimate of drug-likeness (QED) is 0.427. The van der Waals surface area contributed by atoms with E-state index in [1.54, 1.807) is 43.4 Å². The molecule has 0 saturated heterocycles. The van der Waals surface area contributed by atoms with E-state index in [9.17, 15) is 13.2 Å². The molecule has 10 heteroatoms. The number of carbonyl (C=O) groups excluding carboxylic acids is 1. The lowest BCUT2D eigenvalue weighted by Crippen LogP contribution is -2.38. The average molecular weight is 492 g/mol. The number of aromatic nitrogens is 1. The molecule has 1 aromatic heterocycles. The van der Waals surface area contributed by atoms with E-state index in [4.69, 9.17) is 14.5 Å².